The van der Waals surface area contributed by atoms with Crippen molar-refractivity contribution >= 4 is 5.78 Å². The number of ketones is 1. The van der Waals surface area contributed by atoms with E-state index in [-0.39, 0.29) is 38.1 Å². The fourth-order valence-corrected chi connectivity index (χ4v) is 1.27. The average Bonchev–Trinajstić information content (AvgIpc) is 2.21. The summed E-state index contributed by atoms with van der Waals surface area (Å²) in [5, 5.41) is 0. The van der Waals surface area contributed by atoms with E-state index in [1.54, 1.807) is 0 Å². The van der Waals surface area contributed by atoms with Gasteiger partial charge >= 0.3 is 0 Å². The maximum atomic E-state index is 11.9. The Morgan fingerprint density at radius 3 is 2.44 bits per heavy atom. The van der Waals surface area contributed by atoms with Gasteiger partial charge in [-0.05, 0) is 12.8 Å². The Hall–Kier alpha value is -0.00610. The number of rotatable bonds is 4. The van der Waals surface area contributed by atoms with Crippen molar-refractivity contribution < 1.29 is 37.5 Å². The Morgan fingerprint density at radius 1 is 1.38 bits per heavy atom. The van der Waals surface area contributed by atoms with Crippen molar-refractivity contribution in [2.75, 3.05) is 0 Å². The van der Waals surface area contributed by atoms with Gasteiger partial charge in [-0.2, -0.15) is 29.8 Å². The number of carbonyl (C=O) groups is 1. The SMILES string of the molecule is CCC(C)(C)C(=O)Cc1c[c-]c(C)cc1.[Y]. The van der Waals surface area contributed by atoms with Crippen LogP contribution in [0.3, 0.4) is 0 Å². The van der Waals surface area contributed by atoms with E-state index in [4.69, 9.17) is 0 Å². The van der Waals surface area contributed by atoms with Crippen molar-refractivity contribution in [1.29, 1.82) is 0 Å². The van der Waals surface area contributed by atoms with Crippen LogP contribution in [0, 0.1) is 18.4 Å². The standard InChI is InChI=1S/C14H19O.Y/c1-5-14(3,4)13(15)10-12-8-6-11(2)7-9-12;/h6,8-9H,5,10H2,1-4H3;/q-1;. The molecule has 0 bridgehead atoms. The van der Waals surface area contributed by atoms with Crippen LogP contribution in [0.5, 0.6) is 0 Å². The molecule has 0 aliphatic heterocycles. The van der Waals surface area contributed by atoms with E-state index in [1.165, 1.54) is 0 Å². The van der Waals surface area contributed by atoms with Crippen molar-refractivity contribution in [1.82, 2.24) is 0 Å². The molecule has 2 heteroatoms. The number of benzene rings is 1. The molecule has 1 nitrogen and oxygen atoms in total. The Kier molecular flexibility index (Phi) is 6.66. The molecular formula is C14H19OY-. The molecule has 16 heavy (non-hydrogen) atoms. The number of Topliss-reactive ketones (excluding diaryl/α,β-unsaturated/α-hetero) is 1. The molecule has 0 aliphatic carbocycles. The van der Waals surface area contributed by atoms with Crippen LogP contribution in [0.2, 0.25) is 0 Å². The number of carbonyl (C=O) groups excluding carboxylic acids is 1. The molecule has 0 N–H and O–H groups in total. The van der Waals surface area contributed by atoms with Gasteiger partial charge in [0.15, 0.2) is 0 Å². The monoisotopic (exact) mass is 292 g/mol. The average molecular weight is 292 g/mol. The second-order valence-corrected chi connectivity index (χ2v) is 4.72. The molecule has 0 saturated heterocycles. The third kappa shape index (κ3) is 4.47. The van der Waals surface area contributed by atoms with E-state index in [1.807, 2.05) is 39.0 Å². The first kappa shape index (κ1) is 16.0. The van der Waals surface area contributed by atoms with Crippen LogP contribution >= 0.6 is 0 Å². The van der Waals surface area contributed by atoms with Crippen molar-refractivity contribution in [2.24, 2.45) is 5.41 Å². The largest absolute Gasteiger partial charge is 0.300 e. The maximum Gasteiger partial charge on any atom is 0.131 e. The van der Waals surface area contributed by atoms with Gasteiger partial charge in [-0.25, -0.2) is 0 Å². The summed E-state index contributed by atoms with van der Waals surface area (Å²) in [5.74, 6) is 0.308. The van der Waals surface area contributed by atoms with Crippen molar-refractivity contribution in [3.8, 4) is 0 Å². The molecule has 0 heterocycles. The second kappa shape index (κ2) is 6.66. The molecule has 1 radical (unpaired) electrons. The fourth-order valence-electron chi connectivity index (χ4n) is 1.27. The zero-order chi connectivity index (χ0) is 11.5. The Balaban J connectivity index is 0.00000225. The van der Waals surface area contributed by atoms with Crippen LogP contribution in [-0.4, -0.2) is 5.78 Å². The summed E-state index contributed by atoms with van der Waals surface area (Å²) >= 11 is 0. The van der Waals surface area contributed by atoms with Gasteiger partial charge in [0.25, 0.3) is 0 Å². The predicted octanol–water partition coefficient (Wildman–Crippen LogP) is 3.34. The minimum Gasteiger partial charge on any atom is -0.300 e. The van der Waals surface area contributed by atoms with E-state index in [2.05, 4.69) is 13.0 Å². The van der Waals surface area contributed by atoms with E-state index < -0.39 is 0 Å². The molecule has 0 spiro atoms. The smallest absolute Gasteiger partial charge is 0.131 e. The van der Waals surface area contributed by atoms with E-state index in [0.29, 0.717) is 12.2 Å². The Bertz CT molecular complexity index is 338. The van der Waals surface area contributed by atoms with Crippen LogP contribution in [0.4, 0.5) is 0 Å². The van der Waals surface area contributed by atoms with Gasteiger partial charge in [0.05, 0.1) is 0 Å². The summed E-state index contributed by atoms with van der Waals surface area (Å²) in [5.41, 5.74) is 1.97. The quantitative estimate of drug-likeness (QED) is 0.778. The number of hydrogen-bond donors (Lipinski definition) is 0. The third-order valence-electron chi connectivity index (χ3n) is 3.04. The molecule has 0 amide bonds. The van der Waals surface area contributed by atoms with Gasteiger partial charge in [0.1, 0.15) is 5.78 Å². The first-order chi connectivity index (χ1) is 6.95. The fraction of sp³-hybridized carbons (Fsp3) is 0.500. The van der Waals surface area contributed by atoms with Gasteiger partial charge in [0.2, 0.25) is 0 Å². The molecule has 0 unspecified atom stereocenters. The molecule has 0 saturated carbocycles. The van der Waals surface area contributed by atoms with Crippen LogP contribution in [0.1, 0.15) is 38.3 Å². The maximum absolute atomic E-state index is 11.9. The molecule has 85 valence electrons. The first-order valence-corrected chi connectivity index (χ1v) is 5.46. The third-order valence-corrected chi connectivity index (χ3v) is 3.04. The summed E-state index contributed by atoms with van der Waals surface area (Å²) in [6.07, 6.45) is 1.42. The number of hydrogen-bond acceptors (Lipinski definition) is 1. The molecular weight excluding hydrogens is 273 g/mol. The molecule has 1 rings (SSSR count). The molecule has 1 aromatic carbocycles. The number of aryl methyl sites for hydroxylation is 1. The van der Waals surface area contributed by atoms with Crippen LogP contribution in [-0.2, 0) is 43.9 Å². The van der Waals surface area contributed by atoms with E-state index in [9.17, 15) is 4.79 Å². The van der Waals surface area contributed by atoms with Gasteiger partial charge in [-0.1, -0.05) is 27.7 Å². The van der Waals surface area contributed by atoms with Crippen molar-refractivity contribution in [3.63, 3.8) is 0 Å². The topological polar surface area (TPSA) is 17.1 Å². The summed E-state index contributed by atoms with van der Waals surface area (Å²) in [6, 6.07) is 9.05. The molecule has 0 atom stereocenters. The van der Waals surface area contributed by atoms with E-state index >= 15 is 0 Å². The van der Waals surface area contributed by atoms with Gasteiger partial charge in [-0.3, -0.25) is 4.79 Å². The van der Waals surface area contributed by atoms with E-state index in [0.717, 1.165) is 17.5 Å². The Morgan fingerprint density at radius 2 is 2.00 bits per heavy atom. The van der Waals surface area contributed by atoms with Gasteiger partial charge in [0, 0.05) is 38.1 Å². The Labute approximate surface area is 124 Å². The van der Waals surface area contributed by atoms with Crippen LogP contribution < -0.4 is 0 Å². The minimum atomic E-state index is -0.203. The van der Waals surface area contributed by atoms with Crippen LogP contribution in [0.25, 0.3) is 0 Å². The van der Waals surface area contributed by atoms with Crippen LogP contribution in [0.15, 0.2) is 18.2 Å². The first-order valence-electron chi connectivity index (χ1n) is 5.46. The van der Waals surface area contributed by atoms with Gasteiger partial charge in [-0.15, -0.1) is 5.56 Å². The normalized spacial score (nSPS) is 10.8. The summed E-state index contributed by atoms with van der Waals surface area (Å²) in [4.78, 5) is 11.9. The van der Waals surface area contributed by atoms with Gasteiger partial charge < -0.3 is 0 Å². The molecule has 0 fully saturated rings. The summed E-state index contributed by atoms with van der Waals surface area (Å²) in [7, 11) is 0. The summed E-state index contributed by atoms with van der Waals surface area (Å²) in [6.45, 7) is 8.07. The molecule has 1 aromatic rings. The second-order valence-electron chi connectivity index (χ2n) is 4.72. The molecule has 0 aromatic heterocycles. The van der Waals surface area contributed by atoms with Crippen molar-refractivity contribution in [3.05, 3.63) is 35.4 Å². The molecule has 0 aliphatic rings. The van der Waals surface area contributed by atoms with Crippen molar-refractivity contribution in [2.45, 2.75) is 40.5 Å². The zero-order valence-corrected chi connectivity index (χ0v) is 13.5. The summed E-state index contributed by atoms with van der Waals surface area (Å²) < 4.78 is 0. The zero-order valence-electron chi connectivity index (χ0n) is 10.6. The predicted molar refractivity (Wildman–Crippen MR) is 62.8 cm³/mol. The minimum absolute atomic E-state index is 0.